The van der Waals surface area contributed by atoms with Gasteiger partial charge in [0, 0.05) is 12.0 Å². The molecule has 2 aliphatic rings. The average molecular weight is 418 g/mol. The van der Waals surface area contributed by atoms with Gasteiger partial charge in [0.15, 0.2) is 0 Å². The van der Waals surface area contributed by atoms with E-state index in [2.05, 4.69) is 23.3 Å². The van der Waals surface area contributed by atoms with Crippen molar-refractivity contribution in [2.24, 2.45) is 0 Å². The Kier molecular flexibility index (Phi) is 5.24. The molecule has 160 valence electrons. The van der Waals surface area contributed by atoms with Crippen LogP contribution in [0.4, 0.5) is 0 Å². The second-order valence-corrected chi connectivity index (χ2v) is 8.55. The number of fused-ring (bicyclic) bond motifs is 1. The van der Waals surface area contributed by atoms with Gasteiger partial charge in [0.1, 0.15) is 12.3 Å². The van der Waals surface area contributed by atoms with Crippen LogP contribution in [0.15, 0.2) is 48.5 Å². The van der Waals surface area contributed by atoms with E-state index in [0.717, 1.165) is 74.1 Å². The van der Waals surface area contributed by atoms with Crippen LogP contribution in [0.3, 0.4) is 0 Å². The molecule has 0 bridgehead atoms. The minimum Gasteiger partial charge on any atom is -0.493 e. The van der Waals surface area contributed by atoms with Gasteiger partial charge in [-0.3, -0.25) is 4.79 Å². The molecule has 0 aliphatic carbocycles. The molecule has 1 fully saturated rings. The highest BCUT2D eigenvalue weighted by Gasteiger charge is 2.29. The lowest BCUT2D eigenvalue weighted by Gasteiger charge is -2.32. The van der Waals surface area contributed by atoms with Crippen LogP contribution >= 0.6 is 0 Å². The number of amides is 1. The van der Waals surface area contributed by atoms with Crippen molar-refractivity contribution in [3.63, 3.8) is 0 Å². The molecule has 6 nitrogen and oxygen atoms in total. The Bertz CT molecular complexity index is 1100. The van der Waals surface area contributed by atoms with Gasteiger partial charge < -0.3 is 14.5 Å². The molecule has 3 heterocycles. The Labute approximate surface area is 183 Å². The number of benzene rings is 2. The quantitative estimate of drug-likeness (QED) is 0.706. The van der Waals surface area contributed by atoms with E-state index >= 15 is 0 Å². The Morgan fingerprint density at radius 1 is 1.10 bits per heavy atom. The van der Waals surface area contributed by atoms with Crippen molar-refractivity contribution in [3.8, 4) is 11.4 Å². The topological polar surface area (TPSA) is 51.8 Å². The molecule has 0 radical (unpaired) electrons. The lowest BCUT2D eigenvalue weighted by Crippen LogP contribution is -3.13. The molecule has 1 amide bonds. The van der Waals surface area contributed by atoms with Gasteiger partial charge in [-0.05, 0) is 49.7 Å². The molecule has 1 saturated heterocycles. The number of carbonyl (C=O) groups excluding carboxylic acids is 1. The van der Waals surface area contributed by atoms with Crippen LogP contribution in [0.25, 0.3) is 5.69 Å². The van der Waals surface area contributed by atoms with Crippen molar-refractivity contribution >= 4 is 5.91 Å². The van der Waals surface area contributed by atoms with E-state index in [1.165, 1.54) is 16.0 Å². The van der Waals surface area contributed by atoms with Crippen molar-refractivity contribution < 1.29 is 14.4 Å². The number of quaternary nitrogens is 1. The largest absolute Gasteiger partial charge is 0.493 e. The van der Waals surface area contributed by atoms with Gasteiger partial charge in [0.05, 0.1) is 55.4 Å². The fraction of sp³-hybridized carbons (Fsp3) is 0.360. The fourth-order valence-electron chi connectivity index (χ4n) is 4.77. The van der Waals surface area contributed by atoms with E-state index in [4.69, 9.17) is 4.74 Å². The van der Waals surface area contributed by atoms with E-state index in [-0.39, 0.29) is 5.91 Å². The number of carbonyl (C=O) groups is 1. The predicted molar refractivity (Wildman–Crippen MR) is 119 cm³/mol. The summed E-state index contributed by atoms with van der Waals surface area (Å²) in [5.41, 5.74) is 6.11. The normalized spacial score (nSPS) is 16.3. The number of rotatable bonds is 4. The van der Waals surface area contributed by atoms with Crippen LogP contribution in [0.2, 0.25) is 0 Å². The highest BCUT2D eigenvalue weighted by molar-refractivity contribution is 5.96. The number of nitrogens with one attached hydrogen (secondary N) is 1. The van der Waals surface area contributed by atoms with Gasteiger partial charge in [-0.25, -0.2) is 4.68 Å². The fourth-order valence-corrected chi connectivity index (χ4v) is 4.77. The maximum atomic E-state index is 13.3. The van der Waals surface area contributed by atoms with Crippen molar-refractivity contribution in [1.82, 2.24) is 14.7 Å². The molecule has 0 saturated carbocycles. The Morgan fingerprint density at radius 2 is 1.87 bits per heavy atom. The highest BCUT2D eigenvalue weighted by atomic mass is 16.5. The number of hydrogen-bond acceptors (Lipinski definition) is 3. The van der Waals surface area contributed by atoms with Crippen molar-refractivity contribution in [2.75, 3.05) is 32.8 Å². The zero-order valence-corrected chi connectivity index (χ0v) is 18.2. The smallest absolute Gasteiger partial charge is 0.258 e. The molecule has 0 atom stereocenters. The van der Waals surface area contributed by atoms with E-state index in [1.54, 1.807) is 0 Å². The molecular formula is C25H29N4O2+. The molecule has 3 aromatic rings. The number of aryl methyl sites for hydroxylation is 1. The van der Waals surface area contributed by atoms with Gasteiger partial charge in [0.25, 0.3) is 5.91 Å². The van der Waals surface area contributed by atoms with Crippen molar-refractivity contribution in [2.45, 2.75) is 26.8 Å². The molecule has 1 aromatic heterocycles. The summed E-state index contributed by atoms with van der Waals surface area (Å²) in [6.45, 7) is 9.19. The number of hydrogen-bond donors (Lipinski definition) is 1. The summed E-state index contributed by atoms with van der Waals surface area (Å²) in [7, 11) is 0. The number of nitrogens with zero attached hydrogens (tertiary/aromatic N) is 3. The van der Waals surface area contributed by atoms with Crippen LogP contribution in [-0.2, 0) is 13.0 Å². The number of piperazine rings is 1. The molecule has 2 aromatic carbocycles. The van der Waals surface area contributed by atoms with Crippen LogP contribution in [-0.4, -0.2) is 53.4 Å². The van der Waals surface area contributed by atoms with E-state index < -0.39 is 0 Å². The van der Waals surface area contributed by atoms with Gasteiger partial charge in [-0.15, -0.1) is 0 Å². The Balaban J connectivity index is 1.25. The summed E-state index contributed by atoms with van der Waals surface area (Å²) in [6.07, 6.45) is 1.01. The van der Waals surface area contributed by atoms with E-state index in [1.807, 2.05) is 53.8 Å². The zero-order valence-electron chi connectivity index (χ0n) is 18.2. The molecule has 6 heteroatoms. The maximum absolute atomic E-state index is 13.3. The molecular weight excluding hydrogens is 388 g/mol. The van der Waals surface area contributed by atoms with E-state index in [9.17, 15) is 4.79 Å². The first-order chi connectivity index (χ1) is 15.1. The summed E-state index contributed by atoms with van der Waals surface area (Å²) in [4.78, 5) is 16.8. The van der Waals surface area contributed by atoms with Crippen LogP contribution in [0.5, 0.6) is 5.75 Å². The monoisotopic (exact) mass is 417 g/mol. The zero-order chi connectivity index (χ0) is 21.4. The van der Waals surface area contributed by atoms with Crippen molar-refractivity contribution in [1.29, 1.82) is 0 Å². The Hall–Kier alpha value is -3.12. The predicted octanol–water partition coefficient (Wildman–Crippen LogP) is 1.96. The van der Waals surface area contributed by atoms with Crippen LogP contribution in [0, 0.1) is 13.8 Å². The second kappa shape index (κ2) is 8.19. The number of para-hydroxylation sites is 1. The van der Waals surface area contributed by atoms with Crippen LogP contribution in [0.1, 0.15) is 32.9 Å². The molecule has 5 rings (SSSR count). The molecule has 2 aliphatic heterocycles. The highest BCUT2D eigenvalue weighted by Crippen LogP contribution is 2.25. The van der Waals surface area contributed by atoms with Crippen LogP contribution < -0.4 is 9.64 Å². The summed E-state index contributed by atoms with van der Waals surface area (Å²) in [5, 5.41) is 4.65. The third-order valence-corrected chi connectivity index (χ3v) is 6.47. The minimum absolute atomic E-state index is 0.103. The SMILES string of the molecule is Cc1nn(-c2ccccc2)c(C)c1C(=O)N1CC[NH+](Cc2ccc3c(c2)CCO3)CC1. The van der Waals surface area contributed by atoms with Gasteiger partial charge in [-0.1, -0.05) is 18.2 Å². The molecule has 0 spiro atoms. The third-order valence-electron chi connectivity index (χ3n) is 6.47. The first-order valence-electron chi connectivity index (χ1n) is 11.1. The third kappa shape index (κ3) is 3.83. The maximum Gasteiger partial charge on any atom is 0.258 e. The molecule has 31 heavy (non-hydrogen) atoms. The standard InChI is InChI=1S/C25H28N4O2/c1-18-24(19(2)29(26-18)22-6-4-3-5-7-22)25(30)28-13-11-27(12-14-28)17-20-8-9-23-21(16-20)10-15-31-23/h3-9,16H,10-15,17H2,1-2H3/p+1. The minimum atomic E-state index is 0.103. The number of aromatic nitrogens is 2. The lowest BCUT2D eigenvalue weighted by molar-refractivity contribution is -0.917. The summed E-state index contributed by atoms with van der Waals surface area (Å²) < 4.78 is 7.49. The second-order valence-electron chi connectivity index (χ2n) is 8.55. The summed E-state index contributed by atoms with van der Waals surface area (Å²) in [6, 6.07) is 16.6. The van der Waals surface area contributed by atoms with Gasteiger partial charge >= 0.3 is 0 Å². The van der Waals surface area contributed by atoms with E-state index in [0.29, 0.717) is 0 Å². The first kappa shape index (κ1) is 19.8. The first-order valence-corrected chi connectivity index (χ1v) is 11.1. The summed E-state index contributed by atoms with van der Waals surface area (Å²) in [5.74, 6) is 1.14. The molecule has 0 unspecified atom stereocenters. The lowest BCUT2D eigenvalue weighted by atomic mass is 10.1. The van der Waals surface area contributed by atoms with Crippen molar-refractivity contribution in [3.05, 3.63) is 76.6 Å². The summed E-state index contributed by atoms with van der Waals surface area (Å²) >= 11 is 0. The molecule has 1 N–H and O–H groups in total. The van der Waals surface area contributed by atoms with Gasteiger partial charge in [-0.2, -0.15) is 5.10 Å². The Morgan fingerprint density at radius 3 is 2.65 bits per heavy atom. The average Bonchev–Trinajstić information content (AvgIpc) is 3.38. The van der Waals surface area contributed by atoms with Gasteiger partial charge in [0.2, 0.25) is 0 Å². The number of ether oxygens (including phenoxy) is 1.